The first kappa shape index (κ1) is 15.8. The van der Waals surface area contributed by atoms with Crippen molar-refractivity contribution in [1.29, 1.82) is 0 Å². The van der Waals surface area contributed by atoms with Crippen molar-refractivity contribution in [1.82, 2.24) is 5.32 Å². The smallest absolute Gasteiger partial charge is 0.0975 e. The highest BCUT2D eigenvalue weighted by Gasteiger charge is 2.19. The van der Waals surface area contributed by atoms with Crippen LogP contribution >= 0.6 is 0 Å². The van der Waals surface area contributed by atoms with Crippen LogP contribution in [0.5, 0.6) is 0 Å². The van der Waals surface area contributed by atoms with E-state index in [0.29, 0.717) is 26.4 Å². The Morgan fingerprint density at radius 3 is 2.56 bits per heavy atom. The second kappa shape index (κ2) is 8.93. The minimum atomic E-state index is -0.799. The summed E-state index contributed by atoms with van der Waals surface area (Å²) in [6.45, 7) is 10.8. The number of rotatable bonds is 10. The summed E-state index contributed by atoms with van der Waals surface area (Å²) in [5.41, 5.74) is -0.799. The van der Waals surface area contributed by atoms with Crippen molar-refractivity contribution in [2.24, 2.45) is 0 Å². The Labute approximate surface area is 99.3 Å². The first-order chi connectivity index (χ1) is 7.48. The van der Waals surface area contributed by atoms with E-state index in [1.807, 2.05) is 13.8 Å². The molecular weight excluding hydrogens is 206 g/mol. The van der Waals surface area contributed by atoms with E-state index in [2.05, 4.69) is 12.2 Å². The van der Waals surface area contributed by atoms with E-state index in [4.69, 9.17) is 9.47 Å². The lowest BCUT2D eigenvalue weighted by Gasteiger charge is -2.23. The fourth-order valence-electron chi connectivity index (χ4n) is 1.22. The van der Waals surface area contributed by atoms with Crippen molar-refractivity contribution < 1.29 is 14.6 Å². The number of aliphatic hydroxyl groups is 1. The fraction of sp³-hybridized carbons (Fsp3) is 1.00. The molecule has 0 aliphatic rings. The van der Waals surface area contributed by atoms with E-state index in [1.165, 1.54) is 0 Å². The maximum Gasteiger partial charge on any atom is 0.0975 e. The zero-order valence-electron chi connectivity index (χ0n) is 11.1. The van der Waals surface area contributed by atoms with E-state index in [-0.39, 0.29) is 6.10 Å². The highest BCUT2D eigenvalue weighted by molar-refractivity contribution is 4.74. The van der Waals surface area contributed by atoms with Crippen LogP contribution in [0.15, 0.2) is 0 Å². The maximum absolute atomic E-state index is 9.92. The zero-order chi connectivity index (χ0) is 12.4. The second-order valence-electron chi connectivity index (χ2n) is 4.65. The zero-order valence-corrected chi connectivity index (χ0v) is 11.1. The number of hydrogen-bond donors (Lipinski definition) is 2. The molecule has 0 rings (SSSR count). The summed E-state index contributed by atoms with van der Waals surface area (Å²) in [4.78, 5) is 0. The molecule has 0 amide bonds. The van der Waals surface area contributed by atoms with Crippen molar-refractivity contribution >= 4 is 0 Å². The molecule has 0 aliphatic heterocycles. The van der Waals surface area contributed by atoms with Crippen LogP contribution < -0.4 is 5.32 Å². The van der Waals surface area contributed by atoms with Gasteiger partial charge in [-0.1, -0.05) is 6.92 Å². The molecule has 0 aromatic heterocycles. The molecule has 1 atom stereocenters. The first-order valence-corrected chi connectivity index (χ1v) is 6.10. The summed E-state index contributed by atoms with van der Waals surface area (Å²) in [6, 6.07) is 0. The SMILES string of the molecule is CCCNCC(C)(O)COCCOC(C)C. The van der Waals surface area contributed by atoms with Crippen molar-refractivity contribution in [2.45, 2.75) is 45.8 Å². The van der Waals surface area contributed by atoms with Crippen molar-refractivity contribution in [3.05, 3.63) is 0 Å². The summed E-state index contributed by atoms with van der Waals surface area (Å²) >= 11 is 0. The molecular formula is C12H27NO3. The first-order valence-electron chi connectivity index (χ1n) is 6.10. The quantitative estimate of drug-likeness (QED) is 0.556. The van der Waals surface area contributed by atoms with Gasteiger partial charge in [0.15, 0.2) is 0 Å². The van der Waals surface area contributed by atoms with Gasteiger partial charge in [0.2, 0.25) is 0 Å². The van der Waals surface area contributed by atoms with Gasteiger partial charge in [-0.15, -0.1) is 0 Å². The molecule has 0 aromatic rings. The molecule has 0 radical (unpaired) electrons. The fourth-order valence-corrected chi connectivity index (χ4v) is 1.22. The largest absolute Gasteiger partial charge is 0.386 e. The number of hydrogen-bond acceptors (Lipinski definition) is 4. The second-order valence-corrected chi connectivity index (χ2v) is 4.65. The van der Waals surface area contributed by atoms with Crippen LogP contribution in [-0.2, 0) is 9.47 Å². The average molecular weight is 233 g/mol. The van der Waals surface area contributed by atoms with Gasteiger partial charge in [0.05, 0.1) is 31.5 Å². The highest BCUT2D eigenvalue weighted by Crippen LogP contribution is 2.02. The highest BCUT2D eigenvalue weighted by atomic mass is 16.5. The predicted molar refractivity (Wildman–Crippen MR) is 65.7 cm³/mol. The Morgan fingerprint density at radius 2 is 2.00 bits per heavy atom. The average Bonchev–Trinajstić information content (AvgIpc) is 2.16. The minimum Gasteiger partial charge on any atom is -0.386 e. The Hall–Kier alpha value is -0.160. The monoisotopic (exact) mass is 233 g/mol. The summed E-state index contributed by atoms with van der Waals surface area (Å²) in [6.07, 6.45) is 1.30. The Balaban J connectivity index is 3.42. The molecule has 0 aromatic carbocycles. The molecule has 0 heterocycles. The van der Waals surface area contributed by atoms with Gasteiger partial charge in [0.1, 0.15) is 0 Å². The van der Waals surface area contributed by atoms with Gasteiger partial charge in [-0.25, -0.2) is 0 Å². The lowest BCUT2D eigenvalue weighted by molar-refractivity contribution is -0.0519. The normalized spacial score (nSPS) is 15.4. The van der Waals surface area contributed by atoms with E-state index in [9.17, 15) is 5.11 Å². The van der Waals surface area contributed by atoms with Gasteiger partial charge in [-0.05, 0) is 33.7 Å². The predicted octanol–water partition coefficient (Wildman–Crippen LogP) is 1.18. The third-order valence-corrected chi connectivity index (χ3v) is 2.02. The van der Waals surface area contributed by atoms with Gasteiger partial charge in [-0.3, -0.25) is 0 Å². The van der Waals surface area contributed by atoms with Crippen molar-refractivity contribution in [2.75, 3.05) is 32.9 Å². The van der Waals surface area contributed by atoms with E-state index < -0.39 is 5.60 Å². The molecule has 0 saturated carbocycles. The molecule has 0 saturated heterocycles. The van der Waals surface area contributed by atoms with Gasteiger partial charge in [0.25, 0.3) is 0 Å². The molecule has 0 aliphatic carbocycles. The molecule has 16 heavy (non-hydrogen) atoms. The van der Waals surface area contributed by atoms with Crippen molar-refractivity contribution in [3.8, 4) is 0 Å². The van der Waals surface area contributed by atoms with E-state index >= 15 is 0 Å². The summed E-state index contributed by atoms with van der Waals surface area (Å²) in [5.74, 6) is 0. The summed E-state index contributed by atoms with van der Waals surface area (Å²) in [5, 5.41) is 13.1. The molecule has 2 N–H and O–H groups in total. The van der Waals surface area contributed by atoms with Crippen LogP contribution in [0.2, 0.25) is 0 Å². The van der Waals surface area contributed by atoms with E-state index in [1.54, 1.807) is 6.92 Å². The van der Waals surface area contributed by atoms with Gasteiger partial charge >= 0.3 is 0 Å². The summed E-state index contributed by atoms with van der Waals surface area (Å²) in [7, 11) is 0. The molecule has 0 bridgehead atoms. The Morgan fingerprint density at radius 1 is 1.31 bits per heavy atom. The molecule has 1 unspecified atom stereocenters. The topological polar surface area (TPSA) is 50.7 Å². The molecule has 4 nitrogen and oxygen atoms in total. The molecule has 0 spiro atoms. The van der Waals surface area contributed by atoms with Crippen LogP contribution in [0.1, 0.15) is 34.1 Å². The Kier molecular flexibility index (Phi) is 8.84. The lowest BCUT2D eigenvalue weighted by Crippen LogP contribution is -2.42. The van der Waals surface area contributed by atoms with Gasteiger partial charge in [0, 0.05) is 6.54 Å². The lowest BCUT2D eigenvalue weighted by atomic mass is 10.1. The van der Waals surface area contributed by atoms with Crippen LogP contribution in [-0.4, -0.2) is 49.7 Å². The van der Waals surface area contributed by atoms with Crippen LogP contribution in [0.25, 0.3) is 0 Å². The number of nitrogens with one attached hydrogen (secondary N) is 1. The standard InChI is InChI=1S/C12H27NO3/c1-5-6-13-9-12(4,14)10-15-7-8-16-11(2)3/h11,13-14H,5-10H2,1-4H3. The third kappa shape index (κ3) is 10.4. The third-order valence-electron chi connectivity index (χ3n) is 2.02. The minimum absolute atomic E-state index is 0.232. The maximum atomic E-state index is 9.92. The number of ether oxygens (including phenoxy) is 2. The van der Waals surface area contributed by atoms with Gasteiger partial charge < -0.3 is 19.9 Å². The molecule has 0 fully saturated rings. The van der Waals surface area contributed by atoms with E-state index in [0.717, 1.165) is 13.0 Å². The molecule has 98 valence electrons. The molecule has 4 heteroatoms. The van der Waals surface area contributed by atoms with Crippen LogP contribution in [0.4, 0.5) is 0 Å². The Bertz CT molecular complexity index is 160. The van der Waals surface area contributed by atoms with Crippen LogP contribution in [0, 0.1) is 0 Å². The van der Waals surface area contributed by atoms with Crippen LogP contribution in [0.3, 0.4) is 0 Å². The van der Waals surface area contributed by atoms with Crippen molar-refractivity contribution in [3.63, 3.8) is 0 Å². The van der Waals surface area contributed by atoms with Gasteiger partial charge in [-0.2, -0.15) is 0 Å². The summed E-state index contributed by atoms with van der Waals surface area (Å²) < 4.78 is 10.7.